The van der Waals surface area contributed by atoms with Gasteiger partial charge in [0, 0.05) is 31.0 Å². The van der Waals surface area contributed by atoms with Gasteiger partial charge in [0.25, 0.3) is 0 Å². The third-order valence-electron chi connectivity index (χ3n) is 3.10. The summed E-state index contributed by atoms with van der Waals surface area (Å²) in [5, 5.41) is 2.85. The number of hydrogen-bond acceptors (Lipinski definition) is 5. The first-order valence-corrected chi connectivity index (χ1v) is 9.81. The molecule has 0 aliphatic heterocycles. The van der Waals surface area contributed by atoms with Crippen LogP contribution in [0.15, 0.2) is 35.7 Å². The molecule has 0 saturated heterocycles. The Balaban J connectivity index is 1.89. The summed E-state index contributed by atoms with van der Waals surface area (Å²) in [6, 6.07) is 9.86. The van der Waals surface area contributed by atoms with Crippen LogP contribution in [0.5, 0.6) is 0 Å². The largest absolute Gasteiger partial charge is 0.340 e. The highest BCUT2D eigenvalue weighted by atomic mass is 32.2. The van der Waals surface area contributed by atoms with Crippen LogP contribution in [0.3, 0.4) is 0 Å². The average molecular weight is 353 g/mol. The molecule has 1 N–H and O–H groups in total. The second-order valence-corrected chi connectivity index (χ2v) is 7.87. The van der Waals surface area contributed by atoms with Crippen molar-refractivity contribution in [3.63, 3.8) is 0 Å². The number of thiazole rings is 1. The number of carbonyl (C=O) groups is 1. The zero-order chi connectivity index (χ0) is 16.9. The Morgan fingerprint density at radius 2 is 2.00 bits per heavy atom. The maximum Gasteiger partial charge on any atom is 0.223 e. The van der Waals surface area contributed by atoms with Crippen molar-refractivity contribution in [3.8, 4) is 10.6 Å². The maximum atomic E-state index is 12.0. The van der Waals surface area contributed by atoms with E-state index in [0.717, 1.165) is 22.5 Å². The van der Waals surface area contributed by atoms with Crippen LogP contribution in [-0.2, 0) is 21.4 Å². The fourth-order valence-corrected chi connectivity index (χ4v) is 3.25. The summed E-state index contributed by atoms with van der Waals surface area (Å²) in [7, 11) is -1.58. The highest BCUT2D eigenvalue weighted by Gasteiger charge is 2.12. The maximum absolute atomic E-state index is 12.0. The standard InChI is InChI=1S/C15H19N3O3S2/c1-18(14(19)8-9-16-23(2,20)21)10-13-11-22-15(17-13)12-6-4-3-5-7-12/h3-7,11,16H,8-10H2,1-2H3. The van der Waals surface area contributed by atoms with E-state index in [1.165, 1.54) is 11.3 Å². The number of carbonyl (C=O) groups excluding carboxylic acids is 1. The summed E-state index contributed by atoms with van der Waals surface area (Å²) in [6.45, 7) is 0.509. The molecule has 1 amide bonds. The lowest BCUT2D eigenvalue weighted by Crippen LogP contribution is -2.31. The van der Waals surface area contributed by atoms with Crippen molar-refractivity contribution in [2.75, 3.05) is 19.8 Å². The lowest BCUT2D eigenvalue weighted by atomic mass is 10.2. The number of hydrogen-bond donors (Lipinski definition) is 1. The van der Waals surface area contributed by atoms with Crippen LogP contribution in [-0.4, -0.2) is 44.1 Å². The molecule has 0 bridgehead atoms. The van der Waals surface area contributed by atoms with Gasteiger partial charge >= 0.3 is 0 Å². The molecule has 0 spiro atoms. The fourth-order valence-electron chi connectivity index (χ4n) is 1.96. The lowest BCUT2D eigenvalue weighted by Gasteiger charge is -2.15. The third kappa shape index (κ3) is 5.74. The molecule has 124 valence electrons. The Morgan fingerprint density at radius 3 is 2.65 bits per heavy atom. The van der Waals surface area contributed by atoms with E-state index in [9.17, 15) is 13.2 Å². The lowest BCUT2D eigenvalue weighted by molar-refractivity contribution is -0.130. The zero-order valence-corrected chi connectivity index (χ0v) is 14.7. The van der Waals surface area contributed by atoms with Gasteiger partial charge in [0.15, 0.2) is 0 Å². The van der Waals surface area contributed by atoms with Crippen molar-refractivity contribution in [2.45, 2.75) is 13.0 Å². The predicted octanol–water partition coefficient (Wildman–Crippen LogP) is 1.71. The van der Waals surface area contributed by atoms with Gasteiger partial charge in [-0.05, 0) is 0 Å². The number of aromatic nitrogens is 1. The Labute approximate surface area is 140 Å². The van der Waals surface area contributed by atoms with Crippen LogP contribution >= 0.6 is 11.3 Å². The summed E-state index contributed by atoms with van der Waals surface area (Å²) in [4.78, 5) is 18.1. The van der Waals surface area contributed by atoms with E-state index in [1.54, 1.807) is 11.9 Å². The van der Waals surface area contributed by atoms with Gasteiger partial charge in [0.1, 0.15) is 5.01 Å². The molecule has 1 heterocycles. The Morgan fingerprint density at radius 1 is 1.30 bits per heavy atom. The SMILES string of the molecule is CN(Cc1csc(-c2ccccc2)n1)C(=O)CCNS(C)(=O)=O. The van der Waals surface area contributed by atoms with Crippen molar-refractivity contribution < 1.29 is 13.2 Å². The van der Waals surface area contributed by atoms with E-state index in [-0.39, 0.29) is 18.9 Å². The number of sulfonamides is 1. The van der Waals surface area contributed by atoms with E-state index in [1.807, 2.05) is 35.7 Å². The molecular formula is C15H19N3O3S2. The van der Waals surface area contributed by atoms with Gasteiger partial charge in [0.2, 0.25) is 15.9 Å². The van der Waals surface area contributed by atoms with Crippen molar-refractivity contribution >= 4 is 27.3 Å². The number of nitrogens with zero attached hydrogens (tertiary/aromatic N) is 2. The van der Waals surface area contributed by atoms with Gasteiger partial charge in [-0.2, -0.15) is 0 Å². The summed E-state index contributed by atoms with van der Waals surface area (Å²) in [6.07, 6.45) is 1.20. The number of benzene rings is 1. The fraction of sp³-hybridized carbons (Fsp3) is 0.333. The predicted molar refractivity (Wildman–Crippen MR) is 91.5 cm³/mol. The summed E-state index contributed by atoms with van der Waals surface area (Å²) in [5.74, 6) is -0.129. The molecule has 0 atom stereocenters. The van der Waals surface area contributed by atoms with Gasteiger partial charge in [-0.3, -0.25) is 4.79 Å². The van der Waals surface area contributed by atoms with Gasteiger partial charge in [-0.1, -0.05) is 30.3 Å². The minimum Gasteiger partial charge on any atom is -0.340 e. The van der Waals surface area contributed by atoms with E-state index in [2.05, 4.69) is 9.71 Å². The van der Waals surface area contributed by atoms with Crippen molar-refractivity contribution in [1.29, 1.82) is 0 Å². The average Bonchev–Trinajstić information content (AvgIpc) is 2.95. The highest BCUT2D eigenvalue weighted by molar-refractivity contribution is 7.88. The summed E-state index contributed by atoms with van der Waals surface area (Å²) < 4.78 is 24.2. The molecule has 0 unspecified atom stereocenters. The Bertz CT molecular complexity index is 757. The Kier molecular flexibility index (Phi) is 5.86. The zero-order valence-electron chi connectivity index (χ0n) is 13.0. The minimum atomic E-state index is -3.26. The van der Waals surface area contributed by atoms with E-state index >= 15 is 0 Å². The van der Waals surface area contributed by atoms with Crippen LogP contribution in [0, 0.1) is 0 Å². The molecule has 1 aromatic heterocycles. The summed E-state index contributed by atoms with van der Waals surface area (Å²) >= 11 is 1.54. The first kappa shape index (κ1) is 17.6. The molecule has 0 aliphatic carbocycles. The quantitative estimate of drug-likeness (QED) is 0.822. The van der Waals surface area contributed by atoms with Crippen LogP contribution in [0.4, 0.5) is 0 Å². The smallest absolute Gasteiger partial charge is 0.223 e. The second-order valence-electron chi connectivity index (χ2n) is 5.18. The van der Waals surface area contributed by atoms with Crippen molar-refractivity contribution in [1.82, 2.24) is 14.6 Å². The minimum absolute atomic E-state index is 0.105. The number of rotatable bonds is 7. The molecule has 0 radical (unpaired) electrons. The molecule has 0 aliphatic rings. The monoisotopic (exact) mass is 353 g/mol. The van der Waals surface area contributed by atoms with E-state index < -0.39 is 10.0 Å². The first-order valence-electron chi connectivity index (χ1n) is 7.03. The Hall–Kier alpha value is -1.77. The normalized spacial score (nSPS) is 11.4. The van der Waals surface area contributed by atoms with Crippen LogP contribution in [0.1, 0.15) is 12.1 Å². The molecular weight excluding hydrogens is 334 g/mol. The van der Waals surface area contributed by atoms with Crippen molar-refractivity contribution in [2.24, 2.45) is 0 Å². The molecule has 1 aromatic carbocycles. The van der Waals surface area contributed by atoms with E-state index in [4.69, 9.17) is 0 Å². The number of amides is 1. The third-order valence-corrected chi connectivity index (χ3v) is 4.77. The summed E-state index contributed by atoms with van der Waals surface area (Å²) in [5.41, 5.74) is 1.87. The number of nitrogens with one attached hydrogen (secondary N) is 1. The van der Waals surface area contributed by atoms with Crippen LogP contribution < -0.4 is 4.72 Å². The van der Waals surface area contributed by atoms with Crippen molar-refractivity contribution in [3.05, 3.63) is 41.4 Å². The molecule has 23 heavy (non-hydrogen) atoms. The second kappa shape index (κ2) is 7.67. The molecule has 0 saturated carbocycles. The molecule has 6 nitrogen and oxygen atoms in total. The van der Waals surface area contributed by atoms with Gasteiger partial charge in [-0.25, -0.2) is 18.1 Å². The molecule has 0 fully saturated rings. The highest BCUT2D eigenvalue weighted by Crippen LogP contribution is 2.23. The first-order chi connectivity index (χ1) is 10.8. The molecule has 8 heteroatoms. The van der Waals surface area contributed by atoms with Crippen LogP contribution in [0.2, 0.25) is 0 Å². The van der Waals surface area contributed by atoms with Crippen LogP contribution in [0.25, 0.3) is 10.6 Å². The molecule has 2 aromatic rings. The van der Waals surface area contributed by atoms with E-state index in [0.29, 0.717) is 6.54 Å². The molecule has 2 rings (SSSR count). The van der Waals surface area contributed by atoms with Gasteiger partial charge < -0.3 is 4.90 Å². The van der Waals surface area contributed by atoms with Gasteiger partial charge in [-0.15, -0.1) is 11.3 Å². The topological polar surface area (TPSA) is 79.4 Å². The van der Waals surface area contributed by atoms with Gasteiger partial charge in [0.05, 0.1) is 18.5 Å².